The Morgan fingerprint density at radius 1 is 1.38 bits per heavy atom. The van der Waals surface area contributed by atoms with Crippen LogP contribution in [0.25, 0.3) is 0 Å². The fourth-order valence-corrected chi connectivity index (χ4v) is 2.86. The molecule has 0 spiro atoms. The molecule has 1 atom stereocenters. The number of aliphatic hydroxyl groups is 1. The fourth-order valence-electron chi connectivity index (χ4n) is 1.60. The molecule has 2 aromatic rings. The standard InChI is InChI=1S/C12H12BrNOS/c1-7-4-3-5-9(8(7)2)11(15)12-14-10(13)6-16-12/h3-6,11,15H,1-2H3. The number of aromatic nitrogens is 1. The Kier molecular flexibility index (Phi) is 3.42. The number of aryl methyl sites for hydroxylation is 1. The molecule has 4 heteroatoms. The first-order valence-electron chi connectivity index (χ1n) is 4.94. The highest BCUT2D eigenvalue weighted by molar-refractivity contribution is 9.10. The second-order valence-electron chi connectivity index (χ2n) is 3.70. The Bertz CT molecular complexity index is 509. The van der Waals surface area contributed by atoms with Crippen LogP contribution < -0.4 is 0 Å². The van der Waals surface area contributed by atoms with Crippen LogP contribution in [-0.4, -0.2) is 10.1 Å². The molecule has 1 unspecified atom stereocenters. The van der Waals surface area contributed by atoms with Gasteiger partial charge in [0.2, 0.25) is 0 Å². The molecule has 0 aliphatic rings. The summed E-state index contributed by atoms with van der Waals surface area (Å²) in [6.45, 7) is 4.07. The topological polar surface area (TPSA) is 33.1 Å². The first-order chi connectivity index (χ1) is 7.59. The van der Waals surface area contributed by atoms with Crippen LogP contribution in [0.1, 0.15) is 27.8 Å². The van der Waals surface area contributed by atoms with Gasteiger partial charge in [0.05, 0.1) is 0 Å². The molecule has 0 aliphatic heterocycles. The molecule has 0 fully saturated rings. The Morgan fingerprint density at radius 3 is 2.75 bits per heavy atom. The van der Waals surface area contributed by atoms with E-state index in [2.05, 4.69) is 20.9 Å². The van der Waals surface area contributed by atoms with Gasteiger partial charge in [0, 0.05) is 5.38 Å². The first kappa shape index (κ1) is 11.8. The molecule has 0 radical (unpaired) electrons. The Hall–Kier alpha value is -0.710. The van der Waals surface area contributed by atoms with Gasteiger partial charge in [-0.25, -0.2) is 4.98 Å². The zero-order valence-electron chi connectivity index (χ0n) is 9.07. The van der Waals surface area contributed by atoms with Crippen LogP contribution in [0.15, 0.2) is 28.2 Å². The predicted octanol–water partition coefficient (Wildman–Crippen LogP) is 3.60. The summed E-state index contributed by atoms with van der Waals surface area (Å²) in [5, 5.41) is 12.8. The van der Waals surface area contributed by atoms with Crippen molar-refractivity contribution >= 4 is 27.3 Å². The van der Waals surface area contributed by atoms with Gasteiger partial charge in [-0.2, -0.15) is 0 Å². The fraction of sp³-hybridized carbons (Fsp3) is 0.250. The highest BCUT2D eigenvalue weighted by Crippen LogP contribution is 2.29. The second kappa shape index (κ2) is 4.65. The van der Waals surface area contributed by atoms with Gasteiger partial charge in [0.25, 0.3) is 0 Å². The van der Waals surface area contributed by atoms with Crippen molar-refractivity contribution in [1.82, 2.24) is 4.98 Å². The van der Waals surface area contributed by atoms with Crippen LogP contribution in [-0.2, 0) is 0 Å². The summed E-state index contributed by atoms with van der Waals surface area (Å²) < 4.78 is 0.775. The molecular formula is C12H12BrNOS. The predicted molar refractivity (Wildman–Crippen MR) is 69.8 cm³/mol. The Labute approximate surface area is 107 Å². The van der Waals surface area contributed by atoms with E-state index < -0.39 is 6.10 Å². The number of benzene rings is 1. The summed E-state index contributed by atoms with van der Waals surface area (Å²) >= 11 is 4.75. The summed E-state index contributed by atoms with van der Waals surface area (Å²) in [5.74, 6) is 0. The quantitative estimate of drug-likeness (QED) is 0.919. The zero-order chi connectivity index (χ0) is 11.7. The van der Waals surface area contributed by atoms with Gasteiger partial charge in [-0.1, -0.05) is 18.2 Å². The van der Waals surface area contributed by atoms with Crippen LogP contribution in [0.5, 0.6) is 0 Å². The van der Waals surface area contributed by atoms with Crippen LogP contribution in [0, 0.1) is 13.8 Å². The Balaban J connectivity index is 2.41. The summed E-state index contributed by atoms with van der Waals surface area (Å²) in [7, 11) is 0. The van der Waals surface area contributed by atoms with Gasteiger partial charge < -0.3 is 5.11 Å². The monoisotopic (exact) mass is 297 g/mol. The molecule has 1 aromatic carbocycles. The van der Waals surface area contributed by atoms with E-state index in [-0.39, 0.29) is 0 Å². The first-order valence-corrected chi connectivity index (χ1v) is 6.62. The van der Waals surface area contributed by atoms with E-state index in [1.165, 1.54) is 16.9 Å². The molecule has 1 aromatic heterocycles. The molecule has 0 aliphatic carbocycles. The summed E-state index contributed by atoms with van der Waals surface area (Å²) in [6.07, 6.45) is -0.629. The van der Waals surface area contributed by atoms with Crippen LogP contribution in [0.4, 0.5) is 0 Å². The van der Waals surface area contributed by atoms with Gasteiger partial charge >= 0.3 is 0 Å². The number of halogens is 1. The summed E-state index contributed by atoms with van der Waals surface area (Å²) in [5.41, 5.74) is 3.25. The van der Waals surface area contributed by atoms with E-state index >= 15 is 0 Å². The molecule has 16 heavy (non-hydrogen) atoms. The number of aliphatic hydroxyl groups excluding tert-OH is 1. The molecule has 2 rings (SSSR count). The van der Waals surface area contributed by atoms with Crippen molar-refractivity contribution < 1.29 is 5.11 Å². The lowest BCUT2D eigenvalue weighted by atomic mass is 9.99. The third-order valence-electron chi connectivity index (χ3n) is 2.67. The Morgan fingerprint density at radius 2 is 2.12 bits per heavy atom. The molecule has 0 amide bonds. The number of rotatable bonds is 2. The maximum absolute atomic E-state index is 10.2. The number of hydrogen-bond acceptors (Lipinski definition) is 3. The van der Waals surface area contributed by atoms with E-state index in [1.54, 1.807) is 0 Å². The maximum Gasteiger partial charge on any atom is 0.131 e. The normalized spacial score (nSPS) is 12.8. The lowest BCUT2D eigenvalue weighted by Crippen LogP contribution is -2.02. The van der Waals surface area contributed by atoms with Gasteiger partial charge in [-0.05, 0) is 46.5 Å². The molecule has 0 saturated heterocycles. The molecular weight excluding hydrogens is 286 g/mol. The highest BCUT2D eigenvalue weighted by Gasteiger charge is 2.16. The summed E-state index contributed by atoms with van der Waals surface area (Å²) in [4.78, 5) is 4.24. The minimum absolute atomic E-state index is 0.629. The van der Waals surface area contributed by atoms with E-state index in [0.29, 0.717) is 0 Å². The minimum atomic E-state index is -0.629. The smallest absolute Gasteiger partial charge is 0.131 e. The summed E-state index contributed by atoms with van der Waals surface area (Å²) in [6, 6.07) is 5.95. The van der Waals surface area contributed by atoms with E-state index in [9.17, 15) is 5.11 Å². The molecule has 84 valence electrons. The SMILES string of the molecule is Cc1cccc(C(O)c2nc(Br)cs2)c1C. The van der Waals surface area contributed by atoms with Crippen LogP contribution in [0.2, 0.25) is 0 Å². The highest BCUT2D eigenvalue weighted by atomic mass is 79.9. The third kappa shape index (κ3) is 2.19. The van der Waals surface area contributed by atoms with Gasteiger partial charge in [-0.3, -0.25) is 0 Å². The largest absolute Gasteiger partial charge is 0.381 e. The lowest BCUT2D eigenvalue weighted by molar-refractivity contribution is 0.219. The second-order valence-corrected chi connectivity index (χ2v) is 5.40. The van der Waals surface area contributed by atoms with Crippen molar-refractivity contribution in [3.63, 3.8) is 0 Å². The minimum Gasteiger partial charge on any atom is -0.381 e. The number of hydrogen-bond donors (Lipinski definition) is 1. The van der Waals surface area contributed by atoms with E-state index in [0.717, 1.165) is 20.7 Å². The van der Waals surface area contributed by atoms with Gasteiger partial charge in [0.15, 0.2) is 0 Å². The zero-order valence-corrected chi connectivity index (χ0v) is 11.5. The maximum atomic E-state index is 10.2. The van der Waals surface area contributed by atoms with Crippen molar-refractivity contribution in [3.8, 4) is 0 Å². The van der Waals surface area contributed by atoms with Crippen molar-refractivity contribution in [2.45, 2.75) is 20.0 Å². The number of thiazole rings is 1. The van der Waals surface area contributed by atoms with Crippen molar-refractivity contribution in [3.05, 3.63) is 49.9 Å². The van der Waals surface area contributed by atoms with Crippen LogP contribution >= 0.6 is 27.3 Å². The molecule has 0 bridgehead atoms. The lowest BCUT2D eigenvalue weighted by Gasteiger charge is -2.12. The van der Waals surface area contributed by atoms with Crippen LogP contribution in [0.3, 0.4) is 0 Å². The van der Waals surface area contributed by atoms with E-state index in [1.807, 2.05) is 37.4 Å². The van der Waals surface area contributed by atoms with Crippen molar-refractivity contribution in [2.75, 3.05) is 0 Å². The van der Waals surface area contributed by atoms with Gasteiger partial charge in [0.1, 0.15) is 15.7 Å². The third-order valence-corrected chi connectivity index (χ3v) is 4.28. The van der Waals surface area contributed by atoms with Crippen molar-refractivity contribution in [2.24, 2.45) is 0 Å². The average molecular weight is 298 g/mol. The molecule has 1 heterocycles. The van der Waals surface area contributed by atoms with Crippen molar-refractivity contribution in [1.29, 1.82) is 0 Å². The molecule has 1 N–H and O–H groups in total. The van der Waals surface area contributed by atoms with Gasteiger partial charge in [-0.15, -0.1) is 11.3 Å². The average Bonchev–Trinajstić information content (AvgIpc) is 2.68. The molecule has 0 saturated carbocycles. The number of nitrogens with zero attached hydrogens (tertiary/aromatic N) is 1. The van der Waals surface area contributed by atoms with E-state index in [4.69, 9.17) is 0 Å². The molecule has 2 nitrogen and oxygen atoms in total.